The Balaban J connectivity index is 1.70. The van der Waals surface area contributed by atoms with Gasteiger partial charge in [0.05, 0.1) is 0 Å². The molecule has 0 spiro atoms. The van der Waals surface area contributed by atoms with Crippen LogP contribution >= 0.6 is 0 Å². The fourth-order valence-corrected chi connectivity index (χ4v) is 3.60. The number of carbonyl (C=O) groups excluding carboxylic acids is 1. The molecule has 3 aromatic carbocycles. The van der Waals surface area contributed by atoms with Crippen LogP contribution in [0.15, 0.2) is 78.9 Å². The molecule has 30 heavy (non-hydrogen) atoms. The average Bonchev–Trinajstić information content (AvgIpc) is 2.78. The molecule has 0 N–H and O–H groups in total. The Morgan fingerprint density at radius 2 is 1.47 bits per heavy atom. The highest BCUT2D eigenvalue weighted by atomic mass is 16.6. The first-order chi connectivity index (χ1) is 14.6. The maximum Gasteiger partial charge on any atom is 0.333 e. The number of allylic oxidation sites excluding steroid dienone is 2. The second-order valence-corrected chi connectivity index (χ2v) is 7.22. The van der Waals surface area contributed by atoms with Crippen molar-refractivity contribution in [2.45, 2.75) is 19.8 Å². The molecule has 152 valence electrons. The summed E-state index contributed by atoms with van der Waals surface area (Å²) in [5.41, 5.74) is 2.63. The third-order valence-electron chi connectivity index (χ3n) is 5.01. The smallest absolute Gasteiger partial charge is 0.333 e. The van der Waals surface area contributed by atoms with Crippen molar-refractivity contribution in [3.63, 3.8) is 0 Å². The summed E-state index contributed by atoms with van der Waals surface area (Å²) in [6.07, 6.45) is 5.86. The second-order valence-electron chi connectivity index (χ2n) is 7.22. The molecule has 3 aromatic rings. The lowest BCUT2D eigenvalue weighted by atomic mass is 9.90. The van der Waals surface area contributed by atoms with Crippen LogP contribution in [0.4, 0.5) is 0 Å². The number of hydrogen-bond acceptors (Lipinski definition) is 4. The predicted octanol–water partition coefficient (Wildman–Crippen LogP) is 5.79. The van der Waals surface area contributed by atoms with Gasteiger partial charge in [-0.2, -0.15) is 0 Å². The maximum absolute atomic E-state index is 11.6. The molecule has 0 atom stereocenters. The molecular weight excluding hydrogens is 376 g/mol. The van der Waals surface area contributed by atoms with Crippen LogP contribution in [0.25, 0.3) is 10.8 Å². The highest BCUT2D eigenvalue weighted by molar-refractivity contribution is 5.96. The van der Waals surface area contributed by atoms with E-state index in [9.17, 15) is 4.79 Å². The van der Waals surface area contributed by atoms with Crippen molar-refractivity contribution in [1.82, 2.24) is 0 Å². The van der Waals surface area contributed by atoms with Gasteiger partial charge in [-0.3, -0.25) is 0 Å². The third-order valence-corrected chi connectivity index (χ3v) is 5.01. The number of benzene rings is 3. The van der Waals surface area contributed by atoms with Crippen LogP contribution in [0.2, 0.25) is 0 Å². The standard InChI is InChI=1S/C26H24O4/c1-18(2)26(27)29-17-16-28-24-20-12-6-8-14-22(20)25(23-15-9-7-13-21(23)24)30-19-10-4-3-5-11-19/h3-12,14H,1,13,15-17H2,2H3. The SMILES string of the molecule is C=C(C)C(=O)OCCOc1c2c(c(Oc3ccccc3)c3ccccc13)CC=CC2. The van der Waals surface area contributed by atoms with Gasteiger partial charge in [0.1, 0.15) is 30.5 Å². The Morgan fingerprint density at radius 3 is 2.13 bits per heavy atom. The molecule has 0 radical (unpaired) electrons. The van der Waals surface area contributed by atoms with Gasteiger partial charge in [-0.25, -0.2) is 4.79 Å². The summed E-state index contributed by atoms with van der Waals surface area (Å²) in [5.74, 6) is 2.11. The zero-order chi connectivity index (χ0) is 20.9. The minimum Gasteiger partial charge on any atom is -0.489 e. The molecule has 0 aliphatic heterocycles. The first kappa shape index (κ1) is 19.8. The lowest BCUT2D eigenvalue weighted by Crippen LogP contribution is -2.14. The van der Waals surface area contributed by atoms with E-state index in [0.717, 1.165) is 52.0 Å². The third kappa shape index (κ3) is 4.08. The number of ether oxygens (including phenoxy) is 3. The van der Waals surface area contributed by atoms with Crippen molar-refractivity contribution >= 4 is 16.7 Å². The number of para-hydroxylation sites is 1. The van der Waals surface area contributed by atoms with Crippen LogP contribution in [0.1, 0.15) is 18.1 Å². The number of fused-ring (bicyclic) bond motifs is 2. The second kappa shape index (κ2) is 8.87. The van der Waals surface area contributed by atoms with Gasteiger partial charge >= 0.3 is 5.97 Å². The van der Waals surface area contributed by atoms with E-state index in [1.807, 2.05) is 48.5 Å². The van der Waals surface area contributed by atoms with E-state index in [4.69, 9.17) is 14.2 Å². The quantitative estimate of drug-likeness (QED) is 0.218. The van der Waals surface area contributed by atoms with Gasteiger partial charge < -0.3 is 14.2 Å². The van der Waals surface area contributed by atoms with Crippen molar-refractivity contribution in [3.05, 3.63) is 90.0 Å². The largest absolute Gasteiger partial charge is 0.489 e. The molecule has 0 amide bonds. The molecule has 0 bridgehead atoms. The molecule has 1 aliphatic rings. The summed E-state index contributed by atoms with van der Waals surface area (Å²) in [6, 6.07) is 17.9. The fourth-order valence-electron chi connectivity index (χ4n) is 3.60. The van der Waals surface area contributed by atoms with Crippen molar-refractivity contribution in [1.29, 1.82) is 0 Å². The summed E-state index contributed by atoms with van der Waals surface area (Å²) in [5, 5.41) is 1.99. The van der Waals surface area contributed by atoms with E-state index in [2.05, 4.69) is 24.8 Å². The molecule has 4 heteroatoms. The fraction of sp³-hybridized carbons (Fsp3) is 0.192. The Hall–Kier alpha value is -3.53. The van der Waals surface area contributed by atoms with Gasteiger partial charge in [-0.05, 0) is 31.9 Å². The van der Waals surface area contributed by atoms with Crippen LogP contribution in [0.3, 0.4) is 0 Å². The van der Waals surface area contributed by atoms with Gasteiger partial charge in [-0.1, -0.05) is 61.2 Å². The zero-order valence-electron chi connectivity index (χ0n) is 17.0. The van der Waals surface area contributed by atoms with Crippen molar-refractivity contribution < 1.29 is 19.0 Å². The van der Waals surface area contributed by atoms with Crippen molar-refractivity contribution in [2.75, 3.05) is 13.2 Å². The van der Waals surface area contributed by atoms with Gasteiger partial charge in [0.15, 0.2) is 0 Å². The Bertz CT molecular complexity index is 1110. The van der Waals surface area contributed by atoms with E-state index in [-0.39, 0.29) is 13.2 Å². The first-order valence-electron chi connectivity index (χ1n) is 10.0. The molecule has 0 fully saturated rings. The molecule has 0 saturated heterocycles. The Labute approximate surface area is 176 Å². The topological polar surface area (TPSA) is 44.8 Å². The molecular formula is C26H24O4. The summed E-state index contributed by atoms with van der Waals surface area (Å²) >= 11 is 0. The van der Waals surface area contributed by atoms with Gasteiger partial charge in [0.25, 0.3) is 0 Å². The van der Waals surface area contributed by atoms with E-state index < -0.39 is 5.97 Å². The average molecular weight is 400 g/mol. The summed E-state index contributed by atoms with van der Waals surface area (Å²) < 4.78 is 17.7. The lowest BCUT2D eigenvalue weighted by Gasteiger charge is -2.23. The Kier molecular flexibility index (Phi) is 5.84. The molecule has 0 saturated carbocycles. The van der Waals surface area contributed by atoms with Crippen molar-refractivity contribution in [3.8, 4) is 17.2 Å². The molecule has 4 nitrogen and oxygen atoms in total. The van der Waals surface area contributed by atoms with Gasteiger partial charge in [0.2, 0.25) is 0 Å². The van der Waals surface area contributed by atoms with Gasteiger partial charge in [-0.15, -0.1) is 0 Å². The van der Waals surface area contributed by atoms with Crippen LogP contribution in [0.5, 0.6) is 17.2 Å². The van der Waals surface area contributed by atoms with Crippen molar-refractivity contribution in [2.24, 2.45) is 0 Å². The first-order valence-corrected chi connectivity index (χ1v) is 10.0. The molecule has 0 heterocycles. The number of esters is 1. The molecule has 1 aliphatic carbocycles. The molecule has 0 aromatic heterocycles. The maximum atomic E-state index is 11.6. The van der Waals surface area contributed by atoms with Crippen LogP contribution in [-0.4, -0.2) is 19.2 Å². The predicted molar refractivity (Wildman–Crippen MR) is 118 cm³/mol. The van der Waals surface area contributed by atoms with E-state index in [0.29, 0.717) is 5.57 Å². The van der Waals surface area contributed by atoms with Crippen LogP contribution in [0, 0.1) is 0 Å². The van der Waals surface area contributed by atoms with E-state index >= 15 is 0 Å². The summed E-state index contributed by atoms with van der Waals surface area (Å²) in [4.78, 5) is 11.6. The van der Waals surface area contributed by atoms with Crippen LogP contribution < -0.4 is 9.47 Å². The zero-order valence-corrected chi connectivity index (χ0v) is 17.0. The summed E-state index contributed by atoms with van der Waals surface area (Å²) in [7, 11) is 0. The molecule has 0 unspecified atom stereocenters. The monoisotopic (exact) mass is 400 g/mol. The number of carbonyl (C=O) groups is 1. The minimum absolute atomic E-state index is 0.174. The van der Waals surface area contributed by atoms with E-state index in [1.54, 1.807) is 6.92 Å². The Morgan fingerprint density at radius 1 is 0.867 bits per heavy atom. The summed E-state index contributed by atoms with van der Waals surface area (Å²) in [6.45, 7) is 5.68. The lowest BCUT2D eigenvalue weighted by molar-refractivity contribution is -0.139. The van der Waals surface area contributed by atoms with Gasteiger partial charge in [0, 0.05) is 27.5 Å². The van der Waals surface area contributed by atoms with E-state index in [1.165, 1.54) is 0 Å². The number of rotatable bonds is 7. The van der Waals surface area contributed by atoms with Crippen LogP contribution in [-0.2, 0) is 22.4 Å². The highest BCUT2D eigenvalue weighted by Crippen LogP contribution is 2.44. The normalized spacial score (nSPS) is 12.3. The highest BCUT2D eigenvalue weighted by Gasteiger charge is 2.22. The number of hydrogen-bond donors (Lipinski definition) is 0. The molecule has 4 rings (SSSR count). The minimum atomic E-state index is -0.403.